The van der Waals surface area contributed by atoms with Crippen LogP contribution in [0.2, 0.25) is 5.02 Å². The SMILES string of the molecule is N#CC1=C(C(=O)Nc2ccc(F)c(Cl)c2)CCCC1. The molecule has 19 heavy (non-hydrogen) atoms. The third-order valence-corrected chi connectivity index (χ3v) is 3.34. The second-order valence-corrected chi connectivity index (χ2v) is 4.77. The Morgan fingerprint density at radius 3 is 2.79 bits per heavy atom. The van der Waals surface area contributed by atoms with Gasteiger partial charge in [-0.05, 0) is 43.9 Å². The van der Waals surface area contributed by atoms with E-state index >= 15 is 0 Å². The van der Waals surface area contributed by atoms with E-state index in [-0.39, 0.29) is 10.9 Å². The van der Waals surface area contributed by atoms with Crippen molar-refractivity contribution in [3.8, 4) is 6.07 Å². The maximum absolute atomic E-state index is 13.0. The molecule has 0 fully saturated rings. The first-order valence-corrected chi connectivity index (χ1v) is 6.38. The third-order valence-electron chi connectivity index (χ3n) is 3.05. The quantitative estimate of drug-likeness (QED) is 0.894. The van der Waals surface area contributed by atoms with Gasteiger partial charge in [-0.15, -0.1) is 0 Å². The van der Waals surface area contributed by atoms with E-state index in [1.165, 1.54) is 18.2 Å². The molecule has 0 radical (unpaired) electrons. The lowest BCUT2D eigenvalue weighted by molar-refractivity contribution is -0.113. The summed E-state index contributed by atoms with van der Waals surface area (Å²) >= 11 is 5.65. The summed E-state index contributed by atoms with van der Waals surface area (Å²) in [5.74, 6) is -0.840. The van der Waals surface area contributed by atoms with Crippen LogP contribution in [0.4, 0.5) is 10.1 Å². The molecule has 0 saturated carbocycles. The number of hydrogen-bond donors (Lipinski definition) is 1. The van der Waals surface area contributed by atoms with Gasteiger partial charge in [-0.1, -0.05) is 11.6 Å². The number of amides is 1. The third kappa shape index (κ3) is 3.12. The molecule has 1 aliphatic carbocycles. The van der Waals surface area contributed by atoms with Gasteiger partial charge in [0.2, 0.25) is 0 Å². The Kier molecular flexibility index (Phi) is 4.18. The van der Waals surface area contributed by atoms with E-state index in [9.17, 15) is 9.18 Å². The molecule has 1 aromatic rings. The molecule has 3 nitrogen and oxygen atoms in total. The lowest BCUT2D eigenvalue weighted by Gasteiger charge is -2.15. The Hall–Kier alpha value is -1.86. The number of nitrogens with zero attached hydrogens (tertiary/aromatic N) is 1. The number of nitriles is 1. The van der Waals surface area contributed by atoms with Crippen molar-refractivity contribution in [2.75, 3.05) is 5.32 Å². The first-order valence-electron chi connectivity index (χ1n) is 6.00. The minimum absolute atomic E-state index is 0.0454. The van der Waals surface area contributed by atoms with Gasteiger partial charge in [0.1, 0.15) is 5.82 Å². The van der Waals surface area contributed by atoms with Crippen LogP contribution in [0.25, 0.3) is 0 Å². The molecule has 0 spiro atoms. The monoisotopic (exact) mass is 278 g/mol. The standard InChI is InChI=1S/C14H12ClFN2O/c15-12-7-10(5-6-13(12)16)18-14(19)11-4-2-1-3-9(11)8-17/h5-7H,1-4H2,(H,18,19). The highest BCUT2D eigenvalue weighted by Gasteiger charge is 2.19. The molecule has 2 rings (SSSR count). The van der Waals surface area contributed by atoms with Crippen LogP contribution in [0, 0.1) is 17.1 Å². The molecule has 0 aromatic heterocycles. The maximum atomic E-state index is 13.0. The minimum Gasteiger partial charge on any atom is -0.322 e. The van der Waals surface area contributed by atoms with Gasteiger partial charge in [0.15, 0.2) is 0 Å². The Balaban J connectivity index is 2.19. The molecule has 0 aliphatic heterocycles. The zero-order valence-electron chi connectivity index (χ0n) is 10.2. The van der Waals surface area contributed by atoms with E-state index in [4.69, 9.17) is 16.9 Å². The van der Waals surface area contributed by atoms with E-state index in [1.807, 2.05) is 0 Å². The van der Waals surface area contributed by atoms with Crippen LogP contribution in [0.1, 0.15) is 25.7 Å². The molecule has 1 N–H and O–H groups in total. The number of hydrogen-bond acceptors (Lipinski definition) is 2. The van der Waals surface area contributed by atoms with Crippen LogP contribution in [-0.4, -0.2) is 5.91 Å². The number of rotatable bonds is 2. The fourth-order valence-corrected chi connectivity index (χ4v) is 2.24. The number of carbonyl (C=O) groups excluding carboxylic acids is 1. The highest BCUT2D eigenvalue weighted by atomic mass is 35.5. The lowest BCUT2D eigenvalue weighted by atomic mass is 9.92. The predicted molar refractivity (Wildman–Crippen MR) is 71.1 cm³/mol. The predicted octanol–water partition coefficient (Wildman–Crippen LogP) is 3.81. The lowest BCUT2D eigenvalue weighted by Crippen LogP contribution is -2.18. The second-order valence-electron chi connectivity index (χ2n) is 4.36. The van der Waals surface area contributed by atoms with Gasteiger partial charge >= 0.3 is 0 Å². The van der Waals surface area contributed by atoms with Gasteiger partial charge in [0.05, 0.1) is 11.1 Å². The number of benzene rings is 1. The summed E-state index contributed by atoms with van der Waals surface area (Å²) in [6.45, 7) is 0. The molecule has 0 heterocycles. The molecule has 0 atom stereocenters. The van der Waals surface area contributed by atoms with Crippen LogP contribution < -0.4 is 5.32 Å². The van der Waals surface area contributed by atoms with Crippen molar-refractivity contribution in [2.24, 2.45) is 0 Å². The summed E-state index contributed by atoms with van der Waals surface area (Å²) < 4.78 is 13.0. The van der Waals surface area contributed by atoms with Crippen LogP contribution in [0.3, 0.4) is 0 Å². The van der Waals surface area contributed by atoms with Crippen LogP contribution in [0.15, 0.2) is 29.3 Å². The van der Waals surface area contributed by atoms with Crippen molar-refractivity contribution >= 4 is 23.2 Å². The fraction of sp³-hybridized carbons (Fsp3) is 0.286. The topological polar surface area (TPSA) is 52.9 Å². The molecule has 0 saturated heterocycles. The summed E-state index contributed by atoms with van der Waals surface area (Å²) in [6, 6.07) is 6.06. The van der Waals surface area contributed by atoms with E-state index in [0.717, 1.165) is 12.8 Å². The molecule has 5 heteroatoms. The van der Waals surface area contributed by atoms with Crippen molar-refractivity contribution in [2.45, 2.75) is 25.7 Å². The van der Waals surface area contributed by atoms with E-state index in [0.29, 0.717) is 29.7 Å². The van der Waals surface area contributed by atoms with Crippen molar-refractivity contribution in [3.63, 3.8) is 0 Å². The second kappa shape index (κ2) is 5.85. The first kappa shape index (κ1) is 13.6. The molecular formula is C14H12ClFN2O. The van der Waals surface area contributed by atoms with E-state index in [2.05, 4.69) is 11.4 Å². The molecule has 0 bridgehead atoms. The van der Waals surface area contributed by atoms with Crippen molar-refractivity contribution in [1.82, 2.24) is 0 Å². The highest BCUT2D eigenvalue weighted by molar-refractivity contribution is 6.31. The zero-order chi connectivity index (χ0) is 13.8. The van der Waals surface area contributed by atoms with Crippen LogP contribution in [-0.2, 0) is 4.79 Å². The van der Waals surface area contributed by atoms with Crippen molar-refractivity contribution < 1.29 is 9.18 Å². The molecule has 1 aliphatic rings. The Morgan fingerprint density at radius 1 is 1.37 bits per heavy atom. The maximum Gasteiger partial charge on any atom is 0.252 e. The Morgan fingerprint density at radius 2 is 2.11 bits per heavy atom. The van der Waals surface area contributed by atoms with Crippen molar-refractivity contribution in [1.29, 1.82) is 5.26 Å². The van der Waals surface area contributed by atoms with Gasteiger partial charge in [-0.3, -0.25) is 4.79 Å². The Labute approximate surface area is 115 Å². The minimum atomic E-state index is -0.533. The van der Waals surface area contributed by atoms with E-state index in [1.54, 1.807) is 0 Å². The summed E-state index contributed by atoms with van der Waals surface area (Å²) in [6.07, 6.45) is 3.08. The van der Waals surface area contributed by atoms with Crippen molar-refractivity contribution in [3.05, 3.63) is 40.2 Å². The van der Waals surface area contributed by atoms with Gasteiger partial charge in [0.25, 0.3) is 5.91 Å². The molecular weight excluding hydrogens is 267 g/mol. The van der Waals surface area contributed by atoms with Gasteiger partial charge < -0.3 is 5.32 Å². The van der Waals surface area contributed by atoms with Gasteiger partial charge in [-0.25, -0.2) is 4.39 Å². The number of carbonyl (C=O) groups is 1. The van der Waals surface area contributed by atoms with Gasteiger partial charge in [-0.2, -0.15) is 5.26 Å². The zero-order valence-corrected chi connectivity index (χ0v) is 10.9. The number of allylic oxidation sites excluding steroid dienone is 1. The van der Waals surface area contributed by atoms with Crippen LogP contribution in [0.5, 0.6) is 0 Å². The summed E-state index contributed by atoms with van der Waals surface area (Å²) in [4.78, 5) is 12.1. The van der Waals surface area contributed by atoms with Crippen LogP contribution >= 0.6 is 11.6 Å². The molecule has 1 amide bonds. The smallest absolute Gasteiger partial charge is 0.252 e. The van der Waals surface area contributed by atoms with E-state index < -0.39 is 5.82 Å². The molecule has 0 unspecified atom stereocenters. The number of halogens is 2. The number of anilines is 1. The Bertz CT molecular complexity index is 590. The van der Waals surface area contributed by atoms with Gasteiger partial charge in [0, 0.05) is 16.8 Å². The molecule has 98 valence electrons. The normalized spacial score (nSPS) is 15.0. The molecule has 1 aromatic carbocycles. The fourth-order valence-electron chi connectivity index (χ4n) is 2.06. The number of nitrogens with one attached hydrogen (secondary N) is 1. The first-order chi connectivity index (χ1) is 9.11. The summed E-state index contributed by atoms with van der Waals surface area (Å²) in [7, 11) is 0. The average Bonchev–Trinajstić information content (AvgIpc) is 2.43. The summed E-state index contributed by atoms with van der Waals surface area (Å²) in [5.41, 5.74) is 1.48. The highest BCUT2D eigenvalue weighted by Crippen LogP contribution is 2.26. The summed E-state index contributed by atoms with van der Waals surface area (Å²) in [5, 5.41) is 11.6. The largest absolute Gasteiger partial charge is 0.322 e. The average molecular weight is 279 g/mol.